The predicted molar refractivity (Wildman–Crippen MR) is 67.9 cm³/mol. The van der Waals surface area contributed by atoms with Crippen molar-refractivity contribution in [1.82, 2.24) is 5.32 Å². The SMILES string of the molecule is Cc1ccc(F)c(C(=O)NCC(Cl)C(C)C)c1. The highest BCUT2D eigenvalue weighted by atomic mass is 35.5. The van der Waals surface area contributed by atoms with Gasteiger partial charge in [-0.1, -0.05) is 25.5 Å². The molecule has 2 nitrogen and oxygen atoms in total. The Morgan fingerprint density at radius 2 is 2.12 bits per heavy atom. The molecule has 0 aromatic heterocycles. The average molecular weight is 258 g/mol. The molecular formula is C13H17ClFNO. The summed E-state index contributed by atoms with van der Waals surface area (Å²) in [4.78, 5) is 11.7. The van der Waals surface area contributed by atoms with Crippen LogP contribution in [0, 0.1) is 18.7 Å². The Labute approximate surface area is 106 Å². The van der Waals surface area contributed by atoms with E-state index in [0.29, 0.717) is 6.54 Å². The van der Waals surface area contributed by atoms with Crippen LogP contribution in [0.15, 0.2) is 18.2 Å². The molecule has 1 unspecified atom stereocenters. The molecule has 4 heteroatoms. The number of hydrogen-bond acceptors (Lipinski definition) is 1. The van der Waals surface area contributed by atoms with Gasteiger partial charge in [0.15, 0.2) is 0 Å². The van der Waals surface area contributed by atoms with Crippen molar-refractivity contribution in [2.24, 2.45) is 5.92 Å². The van der Waals surface area contributed by atoms with Crippen LogP contribution in [0.25, 0.3) is 0 Å². The molecule has 0 bridgehead atoms. The summed E-state index contributed by atoms with van der Waals surface area (Å²) < 4.78 is 13.4. The predicted octanol–water partition coefficient (Wildman–Crippen LogP) is 3.13. The molecule has 0 saturated heterocycles. The molecule has 0 aliphatic carbocycles. The Hall–Kier alpha value is -1.09. The number of amides is 1. The van der Waals surface area contributed by atoms with Gasteiger partial charge >= 0.3 is 0 Å². The van der Waals surface area contributed by atoms with Crippen LogP contribution in [0.1, 0.15) is 29.8 Å². The standard InChI is InChI=1S/C13H17ClFNO/c1-8(2)11(14)7-16-13(17)10-6-9(3)4-5-12(10)15/h4-6,8,11H,7H2,1-3H3,(H,16,17). The molecule has 0 saturated carbocycles. The van der Waals surface area contributed by atoms with Crippen molar-refractivity contribution in [1.29, 1.82) is 0 Å². The van der Waals surface area contributed by atoms with Crippen LogP contribution in [-0.4, -0.2) is 17.8 Å². The van der Waals surface area contributed by atoms with E-state index in [9.17, 15) is 9.18 Å². The molecule has 1 aromatic rings. The number of rotatable bonds is 4. The maximum atomic E-state index is 13.4. The Bertz CT molecular complexity index is 406. The molecule has 0 spiro atoms. The zero-order chi connectivity index (χ0) is 13.0. The summed E-state index contributed by atoms with van der Waals surface area (Å²) in [5.41, 5.74) is 0.917. The molecule has 1 aromatic carbocycles. The van der Waals surface area contributed by atoms with Gasteiger partial charge < -0.3 is 5.32 Å². The van der Waals surface area contributed by atoms with Crippen molar-refractivity contribution in [3.8, 4) is 0 Å². The quantitative estimate of drug-likeness (QED) is 0.825. The molecule has 1 rings (SSSR count). The van der Waals surface area contributed by atoms with Crippen LogP contribution >= 0.6 is 11.6 Å². The zero-order valence-electron chi connectivity index (χ0n) is 10.3. The van der Waals surface area contributed by atoms with Crippen LogP contribution in [0.5, 0.6) is 0 Å². The fraction of sp³-hybridized carbons (Fsp3) is 0.462. The molecular weight excluding hydrogens is 241 g/mol. The second-order valence-electron chi connectivity index (χ2n) is 4.45. The first-order valence-electron chi connectivity index (χ1n) is 5.60. The molecule has 1 atom stereocenters. The van der Waals surface area contributed by atoms with Crippen LogP contribution in [0.4, 0.5) is 4.39 Å². The number of carbonyl (C=O) groups is 1. The first-order chi connectivity index (χ1) is 7.91. The number of halogens is 2. The highest BCUT2D eigenvalue weighted by molar-refractivity contribution is 6.21. The summed E-state index contributed by atoms with van der Waals surface area (Å²) in [7, 11) is 0. The summed E-state index contributed by atoms with van der Waals surface area (Å²) in [6, 6.07) is 4.46. The Kier molecular flexibility index (Phi) is 4.94. The van der Waals surface area contributed by atoms with Gasteiger partial charge in [-0.15, -0.1) is 11.6 Å². The van der Waals surface area contributed by atoms with E-state index in [1.54, 1.807) is 6.07 Å². The molecule has 0 heterocycles. The lowest BCUT2D eigenvalue weighted by Gasteiger charge is -2.14. The van der Waals surface area contributed by atoms with Gasteiger partial charge in [0, 0.05) is 6.54 Å². The topological polar surface area (TPSA) is 29.1 Å². The van der Waals surface area contributed by atoms with Crippen molar-refractivity contribution in [3.05, 3.63) is 35.1 Å². The van der Waals surface area contributed by atoms with Gasteiger partial charge in [0.2, 0.25) is 0 Å². The Morgan fingerprint density at radius 3 is 2.71 bits per heavy atom. The van der Waals surface area contributed by atoms with Gasteiger partial charge in [0.1, 0.15) is 5.82 Å². The Morgan fingerprint density at radius 1 is 1.47 bits per heavy atom. The second kappa shape index (κ2) is 6.01. The van der Waals surface area contributed by atoms with E-state index in [1.165, 1.54) is 12.1 Å². The number of alkyl halides is 1. The van der Waals surface area contributed by atoms with Crippen molar-refractivity contribution >= 4 is 17.5 Å². The average Bonchev–Trinajstić information content (AvgIpc) is 2.28. The van der Waals surface area contributed by atoms with E-state index in [4.69, 9.17) is 11.6 Å². The summed E-state index contributed by atoms with van der Waals surface area (Å²) >= 11 is 6.01. The second-order valence-corrected chi connectivity index (χ2v) is 5.01. The van der Waals surface area contributed by atoms with Crippen LogP contribution in [-0.2, 0) is 0 Å². The summed E-state index contributed by atoms with van der Waals surface area (Å²) in [6.45, 7) is 6.09. The molecule has 0 aliphatic rings. The largest absolute Gasteiger partial charge is 0.350 e. The number of hydrogen-bond donors (Lipinski definition) is 1. The van der Waals surface area contributed by atoms with E-state index in [0.717, 1.165) is 5.56 Å². The summed E-state index contributed by atoms with van der Waals surface area (Å²) in [6.07, 6.45) is 0. The van der Waals surface area contributed by atoms with Gasteiger partial charge in [-0.3, -0.25) is 4.79 Å². The molecule has 1 amide bonds. The van der Waals surface area contributed by atoms with Gasteiger partial charge in [-0.2, -0.15) is 0 Å². The van der Waals surface area contributed by atoms with Gasteiger partial charge in [0.05, 0.1) is 10.9 Å². The molecule has 0 fully saturated rings. The Balaban J connectivity index is 2.67. The van der Waals surface area contributed by atoms with E-state index in [-0.39, 0.29) is 16.9 Å². The maximum Gasteiger partial charge on any atom is 0.254 e. The zero-order valence-corrected chi connectivity index (χ0v) is 11.0. The maximum absolute atomic E-state index is 13.4. The minimum Gasteiger partial charge on any atom is -0.350 e. The van der Waals surface area contributed by atoms with Crippen molar-refractivity contribution in [2.75, 3.05) is 6.54 Å². The lowest BCUT2D eigenvalue weighted by atomic mass is 10.1. The van der Waals surface area contributed by atoms with E-state index in [2.05, 4.69) is 5.32 Å². The third kappa shape index (κ3) is 4.00. The normalized spacial score (nSPS) is 12.6. The van der Waals surface area contributed by atoms with Gasteiger partial charge in [0.25, 0.3) is 5.91 Å². The molecule has 0 radical (unpaired) electrons. The number of aryl methyl sites for hydroxylation is 1. The van der Waals surface area contributed by atoms with Gasteiger partial charge in [-0.05, 0) is 25.0 Å². The lowest BCUT2D eigenvalue weighted by molar-refractivity contribution is 0.0948. The minimum absolute atomic E-state index is 0.0672. The van der Waals surface area contributed by atoms with E-state index < -0.39 is 11.7 Å². The van der Waals surface area contributed by atoms with Crippen LogP contribution in [0.2, 0.25) is 0 Å². The van der Waals surface area contributed by atoms with E-state index in [1.807, 2.05) is 20.8 Å². The third-order valence-electron chi connectivity index (χ3n) is 2.55. The van der Waals surface area contributed by atoms with Crippen molar-refractivity contribution in [2.45, 2.75) is 26.1 Å². The van der Waals surface area contributed by atoms with E-state index >= 15 is 0 Å². The van der Waals surface area contributed by atoms with Crippen LogP contribution < -0.4 is 5.32 Å². The third-order valence-corrected chi connectivity index (χ3v) is 3.21. The molecule has 1 N–H and O–H groups in total. The van der Waals surface area contributed by atoms with Crippen molar-refractivity contribution < 1.29 is 9.18 Å². The fourth-order valence-corrected chi connectivity index (χ4v) is 1.41. The first-order valence-corrected chi connectivity index (χ1v) is 6.04. The van der Waals surface area contributed by atoms with Crippen molar-refractivity contribution in [3.63, 3.8) is 0 Å². The van der Waals surface area contributed by atoms with Crippen LogP contribution in [0.3, 0.4) is 0 Å². The fourth-order valence-electron chi connectivity index (χ4n) is 1.33. The minimum atomic E-state index is -0.510. The number of carbonyl (C=O) groups excluding carboxylic acids is 1. The first kappa shape index (κ1) is 14.0. The summed E-state index contributed by atoms with van der Waals surface area (Å²) in [5.74, 6) is -0.666. The molecule has 17 heavy (non-hydrogen) atoms. The van der Waals surface area contributed by atoms with Gasteiger partial charge in [-0.25, -0.2) is 4.39 Å². The molecule has 0 aliphatic heterocycles. The smallest absolute Gasteiger partial charge is 0.254 e. The lowest BCUT2D eigenvalue weighted by Crippen LogP contribution is -2.32. The summed E-state index contributed by atoms with van der Waals surface area (Å²) in [5, 5.41) is 2.49. The highest BCUT2D eigenvalue weighted by Gasteiger charge is 2.14. The number of nitrogens with one attached hydrogen (secondary N) is 1. The highest BCUT2D eigenvalue weighted by Crippen LogP contribution is 2.11. The monoisotopic (exact) mass is 257 g/mol. The molecule has 94 valence electrons. The number of benzene rings is 1.